The molecule has 2 unspecified atom stereocenters. The predicted molar refractivity (Wildman–Crippen MR) is 65.2 cm³/mol. The predicted octanol–water partition coefficient (Wildman–Crippen LogP) is 1.56. The molecule has 6 heteroatoms. The highest BCUT2D eigenvalue weighted by molar-refractivity contribution is 5.59. The molecular formula is C12H24O6. The molecule has 0 spiro atoms. The standard InChI is InChI=1S/C12H24O6/c1-9(6-16-11(14)17-8-15-5)12(3,4)18-7-10(2)13/h9-10,13H,6-8H2,1-5H3. The number of methoxy groups -OCH3 is 1. The van der Waals surface area contributed by atoms with Gasteiger partial charge in [-0.1, -0.05) is 6.92 Å². The van der Waals surface area contributed by atoms with E-state index in [1.807, 2.05) is 20.8 Å². The Morgan fingerprint density at radius 3 is 2.33 bits per heavy atom. The maximum Gasteiger partial charge on any atom is 0.510 e. The molecular weight excluding hydrogens is 240 g/mol. The topological polar surface area (TPSA) is 74.2 Å². The summed E-state index contributed by atoms with van der Waals surface area (Å²) in [5.41, 5.74) is -0.501. The van der Waals surface area contributed by atoms with Gasteiger partial charge in [0.1, 0.15) is 6.61 Å². The Bertz CT molecular complexity index is 239. The molecule has 0 heterocycles. The van der Waals surface area contributed by atoms with Crippen molar-refractivity contribution in [3.8, 4) is 0 Å². The number of hydrogen-bond acceptors (Lipinski definition) is 6. The van der Waals surface area contributed by atoms with Crippen LogP contribution in [0.1, 0.15) is 27.7 Å². The van der Waals surface area contributed by atoms with Crippen LogP contribution in [0.25, 0.3) is 0 Å². The van der Waals surface area contributed by atoms with Gasteiger partial charge in [0.15, 0.2) is 6.79 Å². The minimum Gasteiger partial charge on any atom is -0.434 e. The van der Waals surface area contributed by atoms with Gasteiger partial charge in [-0.25, -0.2) is 4.79 Å². The monoisotopic (exact) mass is 264 g/mol. The lowest BCUT2D eigenvalue weighted by Gasteiger charge is -2.32. The summed E-state index contributed by atoms with van der Waals surface area (Å²) in [6.07, 6.45) is -1.29. The number of rotatable bonds is 8. The summed E-state index contributed by atoms with van der Waals surface area (Å²) in [6.45, 7) is 7.59. The maximum absolute atomic E-state index is 11.1. The van der Waals surface area contributed by atoms with Crippen molar-refractivity contribution in [1.82, 2.24) is 0 Å². The lowest BCUT2D eigenvalue weighted by atomic mass is 9.93. The van der Waals surface area contributed by atoms with E-state index < -0.39 is 17.9 Å². The molecule has 0 amide bonds. The summed E-state index contributed by atoms with van der Waals surface area (Å²) in [4.78, 5) is 11.1. The van der Waals surface area contributed by atoms with Gasteiger partial charge in [-0.15, -0.1) is 0 Å². The van der Waals surface area contributed by atoms with Crippen molar-refractivity contribution in [2.45, 2.75) is 39.4 Å². The maximum atomic E-state index is 11.1. The molecule has 0 saturated carbocycles. The van der Waals surface area contributed by atoms with Gasteiger partial charge in [0, 0.05) is 13.0 Å². The Morgan fingerprint density at radius 1 is 1.22 bits per heavy atom. The first kappa shape index (κ1) is 17.2. The van der Waals surface area contributed by atoms with Crippen LogP contribution >= 0.6 is 0 Å². The van der Waals surface area contributed by atoms with Gasteiger partial charge in [-0.3, -0.25) is 0 Å². The summed E-state index contributed by atoms with van der Waals surface area (Å²) in [6, 6.07) is 0. The molecule has 6 nitrogen and oxygen atoms in total. The smallest absolute Gasteiger partial charge is 0.434 e. The van der Waals surface area contributed by atoms with Crippen LogP contribution in [0.15, 0.2) is 0 Å². The number of hydrogen-bond donors (Lipinski definition) is 1. The van der Waals surface area contributed by atoms with Crippen LogP contribution in [0.2, 0.25) is 0 Å². The molecule has 0 aliphatic heterocycles. The van der Waals surface area contributed by atoms with Crippen molar-refractivity contribution in [1.29, 1.82) is 0 Å². The summed E-state index contributed by atoms with van der Waals surface area (Å²) in [5, 5.41) is 9.17. The molecule has 18 heavy (non-hydrogen) atoms. The molecule has 2 atom stereocenters. The second kappa shape index (κ2) is 8.29. The normalized spacial score (nSPS) is 15.0. The van der Waals surface area contributed by atoms with E-state index in [-0.39, 0.29) is 25.9 Å². The van der Waals surface area contributed by atoms with Crippen molar-refractivity contribution in [3.05, 3.63) is 0 Å². The molecule has 0 saturated heterocycles. The van der Waals surface area contributed by atoms with Gasteiger partial charge >= 0.3 is 6.16 Å². The number of aliphatic hydroxyl groups is 1. The fraction of sp³-hybridized carbons (Fsp3) is 0.917. The van der Waals surface area contributed by atoms with E-state index in [1.54, 1.807) is 6.92 Å². The van der Waals surface area contributed by atoms with Crippen molar-refractivity contribution in [3.63, 3.8) is 0 Å². The Kier molecular flexibility index (Phi) is 7.90. The molecule has 0 radical (unpaired) electrons. The third kappa shape index (κ3) is 7.47. The van der Waals surface area contributed by atoms with E-state index in [2.05, 4.69) is 9.47 Å². The molecule has 0 aliphatic rings. The summed E-state index contributed by atoms with van der Waals surface area (Å²) in [7, 11) is 1.42. The first-order valence-electron chi connectivity index (χ1n) is 5.90. The van der Waals surface area contributed by atoms with E-state index in [9.17, 15) is 4.79 Å². The van der Waals surface area contributed by atoms with Gasteiger partial charge in [0.05, 0.1) is 18.3 Å². The quantitative estimate of drug-likeness (QED) is 0.529. The first-order valence-corrected chi connectivity index (χ1v) is 5.90. The summed E-state index contributed by atoms with van der Waals surface area (Å²) >= 11 is 0. The molecule has 0 aliphatic carbocycles. The van der Waals surface area contributed by atoms with Crippen molar-refractivity contribution >= 4 is 6.16 Å². The minimum absolute atomic E-state index is 0.0358. The molecule has 1 N–H and O–H groups in total. The SMILES string of the molecule is COCOC(=O)OCC(C)C(C)(C)OCC(C)O. The largest absolute Gasteiger partial charge is 0.510 e. The van der Waals surface area contributed by atoms with Crippen molar-refractivity contribution in [2.75, 3.05) is 27.1 Å². The summed E-state index contributed by atoms with van der Waals surface area (Å²) in [5.74, 6) is -0.0358. The highest BCUT2D eigenvalue weighted by Gasteiger charge is 2.28. The Labute approximate surface area is 108 Å². The number of ether oxygens (including phenoxy) is 4. The molecule has 0 rings (SSSR count). The van der Waals surface area contributed by atoms with Gasteiger partial charge in [0.25, 0.3) is 0 Å². The van der Waals surface area contributed by atoms with E-state index in [1.165, 1.54) is 7.11 Å². The van der Waals surface area contributed by atoms with Crippen LogP contribution in [-0.2, 0) is 18.9 Å². The number of carbonyl (C=O) groups excluding carboxylic acids is 1. The zero-order valence-electron chi connectivity index (χ0n) is 11.8. The average molecular weight is 264 g/mol. The van der Waals surface area contributed by atoms with Crippen molar-refractivity contribution in [2.24, 2.45) is 5.92 Å². The zero-order valence-corrected chi connectivity index (χ0v) is 11.8. The van der Waals surface area contributed by atoms with Crippen LogP contribution in [0.5, 0.6) is 0 Å². The molecule has 108 valence electrons. The van der Waals surface area contributed by atoms with Gasteiger partial charge in [0.2, 0.25) is 0 Å². The van der Waals surface area contributed by atoms with Gasteiger partial charge < -0.3 is 24.1 Å². The second-order valence-electron chi connectivity index (χ2n) is 4.78. The average Bonchev–Trinajstić information content (AvgIpc) is 2.30. The highest BCUT2D eigenvalue weighted by atomic mass is 16.8. The Hall–Kier alpha value is -0.850. The van der Waals surface area contributed by atoms with Crippen molar-refractivity contribution < 1.29 is 28.8 Å². The Balaban J connectivity index is 3.98. The molecule has 0 bridgehead atoms. The first-order chi connectivity index (χ1) is 8.29. The minimum atomic E-state index is -0.768. The fourth-order valence-corrected chi connectivity index (χ4v) is 1.02. The van der Waals surface area contributed by atoms with Crippen LogP contribution in [0.4, 0.5) is 4.79 Å². The van der Waals surface area contributed by atoms with Crippen LogP contribution in [-0.4, -0.2) is 50.1 Å². The lowest BCUT2D eigenvalue weighted by molar-refractivity contribution is -0.0998. The number of aliphatic hydroxyl groups excluding tert-OH is 1. The van der Waals surface area contributed by atoms with Crippen LogP contribution < -0.4 is 0 Å². The van der Waals surface area contributed by atoms with E-state index in [0.29, 0.717) is 0 Å². The fourth-order valence-electron chi connectivity index (χ4n) is 1.02. The molecule has 0 aromatic heterocycles. The zero-order chi connectivity index (χ0) is 14.2. The Morgan fingerprint density at radius 2 is 1.83 bits per heavy atom. The highest BCUT2D eigenvalue weighted by Crippen LogP contribution is 2.21. The van der Waals surface area contributed by atoms with Crippen LogP contribution in [0.3, 0.4) is 0 Å². The van der Waals surface area contributed by atoms with E-state index in [0.717, 1.165) is 0 Å². The summed E-state index contributed by atoms with van der Waals surface area (Å²) < 4.78 is 19.6. The second-order valence-corrected chi connectivity index (χ2v) is 4.78. The lowest BCUT2D eigenvalue weighted by Crippen LogP contribution is -2.38. The third-order valence-electron chi connectivity index (χ3n) is 2.63. The van der Waals surface area contributed by atoms with Gasteiger partial charge in [-0.05, 0) is 20.8 Å². The van der Waals surface area contributed by atoms with E-state index in [4.69, 9.17) is 14.6 Å². The van der Waals surface area contributed by atoms with Gasteiger partial charge in [-0.2, -0.15) is 0 Å². The molecule has 0 aromatic carbocycles. The third-order valence-corrected chi connectivity index (χ3v) is 2.63. The number of carbonyl (C=O) groups is 1. The molecule has 0 fully saturated rings. The van der Waals surface area contributed by atoms with E-state index >= 15 is 0 Å². The molecule has 0 aromatic rings. The van der Waals surface area contributed by atoms with Crippen LogP contribution in [0, 0.1) is 5.92 Å².